The van der Waals surface area contributed by atoms with E-state index in [1.807, 2.05) is 6.07 Å². The summed E-state index contributed by atoms with van der Waals surface area (Å²) in [6.45, 7) is 0.406. The SMILES string of the molecule is O=c1[nH]c2nc(-c3cnn(Cc4cccc(F)c4)c3)[nH]c2c(=O)n1C1CCCC1. The van der Waals surface area contributed by atoms with Gasteiger partial charge < -0.3 is 4.98 Å². The van der Waals surface area contributed by atoms with E-state index in [1.165, 1.54) is 16.7 Å². The Balaban J connectivity index is 1.50. The van der Waals surface area contributed by atoms with Gasteiger partial charge in [-0.2, -0.15) is 5.10 Å². The summed E-state index contributed by atoms with van der Waals surface area (Å²) in [7, 11) is 0. The Kier molecular flexibility index (Phi) is 4.15. The number of H-pyrrole nitrogens is 2. The Morgan fingerprint density at radius 1 is 1.17 bits per heavy atom. The van der Waals surface area contributed by atoms with E-state index >= 15 is 0 Å². The molecule has 1 aliphatic rings. The fraction of sp³-hybridized carbons (Fsp3) is 0.300. The Hall–Kier alpha value is -3.49. The average Bonchev–Trinajstić information content (AvgIpc) is 3.42. The van der Waals surface area contributed by atoms with Crippen LogP contribution in [0.4, 0.5) is 4.39 Å². The van der Waals surface area contributed by atoms with Crippen LogP contribution in [0.15, 0.2) is 46.2 Å². The second-order valence-corrected chi connectivity index (χ2v) is 7.41. The van der Waals surface area contributed by atoms with E-state index in [0.717, 1.165) is 31.2 Å². The van der Waals surface area contributed by atoms with Crippen LogP contribution in [0.3, 0.4) is 0 Å². The number of fused-ring (bicyclic) bond motifs is 1. The number of hydrogen-bond donors (Lipinski definition) is 2. The van der Waals surface area contributed by atoms with Crippen molar-refractivity contribution in [3.8, 4) is 11.4 Å². The van der Waals surface area contributed by atoms with Gasteiger partial charge in [-0.15, -0.1) is 0 Å². The van der Waals surface area contributed by atoms with E-state index in [0.29, 0.717) is 17.9 Å². The van der Waals surface area contributed by atoms with Gasteiger partial charge in [0, 0.05) is 12.2 Å². The fourth-order valence-corrected chi connectivity index (χ4v) is 4.02. The van der Waals surface area contributed by atoms with Gasteiger partial charge >= 0.3 is 5.69 Å². The highest BCUT2D eigenvalue weighted by Gasteiger charge is 2.23. The van der Waals surface area contributed by atoms with E-state index in [1.54, 1.807) is 23.1 Å². The van der Waals surface area contributed by atoms with Gasteiger partial charge in [-0.05, 0) is 30.5 Å². The zero-order valence-corrected chi connectivity index (χ0v) is 15.6. The second kappa shape index (κ2) is 6.84. The largest absolute Gasteiger partial charge is 0.332 e. The molecule has 0 amide bonds. The number of aromatic nitrogens is 6. The van der Waals surface area contributed by atoms with Crippen LogP contribution in [0, 0.1) is 5.82 Å². The zero-order chi connectivity index (χ0) is 20.0. The molecule has 4 aromatic rings. The van der Waals surface area contributed by atoms with Crippen molar-refractivity contribution in [2.24, 2.45) is 0 Å². The van der Waals surface area contributed by atoms with Gasteiger partial charge in [-0.1, -0.05) is 25.0 Å². The van der Waals surface area contributed by atoms with Crippen LogP contribution in [0.25, 0.3) is 22.6 Å². The number of imidazole rings is 1. The van der Waals surface area contributed by atoms with Crippen molar-refractivity contribution in [3.05, 3.63) is 68.9 Å². The number of hydrogen-bond acceptors (Lipinski definition) is 4. The Morgan fingerprint density at radius 3 is 2.79 bits per heavy atom. The molecule has 148 valence electrons. The topological polar surface area (TPSA) is 101 Å². The third kappa shape index (κ3) is 3.18. The summed E-state index contributed by atoms with van der Waals surface area (Å²) >= 11 is 0. The average molecular weight is 394 g/mol. The van der Waals surface area contributed by atoms with Gasteiger partial charge in [-0.25, -0.2) is 14.2 Å². The van der Waals surface area contributed by atoms with Gasteiger partial charge in [-0.3, -0.25) is 19.0 Å². The fourth-order valence-electron chi connectivity index (χ4n) is 4.02. The molecule has 0 radical (unpaired) electrons. The van der Waals surface area contributed by atoms with Crippen LogP contribution in [0.1, 0.15) is 37.3 Å². The van der Waals surface area contributed by atoms with E-state index in [4.69, 9.17) is 0 Å². The van der Waals surface area contributed by atoms with Crippen LogP contribution in [0.2, 0.25) is 0 Å². The lowest BCUT2D eigenvalue weighted by atomic mass is 10.2. The smallest absolute Gasteiger partial charge is 0.330 e. The van der Waals surface area contributed by atoms with Crippen molar-refractivity contribution in [1.82, 2.24) is 29.3 Å². The first kappa shape index (κ1) is 17.6. The number of benzene rings is 1. The van der Waals surface area contributed by atoms with Gasteiger partial charge in [0.05, 0.1) is 18.3 Å². The van der Waals surface area contributed by atoms with Crippen molar-refractivity contribution < 1.29 is 4.39 Å². The van der Waals surface area contributed by atoms with Crippen molar-refractivity contribution in [2.75, 3.05) is 0 Å². The predicted molar refractivity (Wildman–Crippen MR) is 105 cm³/mol. The quantitative estimate of drug-likeness (QED) is 0.555. The summed E-state index contributed by atoms with van der Waals surface area (Å²) < 4.78 is 16.3. The highest BCUT2D eigenvalue weighted by molar-refractivity contribution is 5.74. The predicted octanol–water partition coefficient (Wildman–Crippen LogP) is 2.58. The molecule has 8 nitrogen and oxygen atoms in total. The molecule has 0 atom stereocenters. The molecule has 2 N–H and O–H groups in total. The highest BCUT2D eigenvalue weighted by Crippen LogP contribution is 2.27. The summed E-state index contributed by atoms with van der Waals surface area (Å²) in [6, 6.07) is 6.27. The van der Waals surface area contributed by atoms with Crippen molar-refractivity contribution in [2.45, 2.75) is 38.3 Å². The third-order valence-electron chi connectivity index (χ3n) is 5.41. The number of aromatic amines is 2. The van der Waals surface area contributed by atoms with E-state index in [-0.39, 0.29) is 28.6 Å². The summed E-state index contributed by atoms with van der Waals surface area (Å²) in [5, 5.41) is 4.29. The first-order chi connectivity index (χ1) is 14.1. The Bertz CT molecular complexity index is 1310. The van der Waals surface area contributed by atoms with Gasteiger partial charge in [0.1, 0.15) is 17.2 Å². The third-order valence-corrected chi connectivity index (χ3v) is 5.41. The summed E-state index contributed by atoms with van der Waals surface area (Å²) in [5.41, 5.74) is 1.21. The minimum absolute atomic E-state index is 0.0589. The van der Waals surface area contributed by atoms with Crippen molar-refractivity contribution in [3.63, 3.8) is 0 Å². The Labute approximate surface area is 164 Å². The number of halogens is 1. The number of nitrogens with one attached hydrogen (secondary N) is 2. The first-order valence-corrected chi connectivity index (χ1v) is 9.60. The molecule has 5 rings (SSSR count). The second-order valence-electron chi connectivity index (χ2n) is 7.41. The molecule has 0 aliphatic heterocycles. The summed E-state index contributed by atoms with van der Waals surface area (Å²) in [4.78, 5) is 35.4. The molecule has 0 unspecified atom stereocenters. The van der Waals surface area contributed by atoms with Crippen molar-refractivity contribution in [1.29, 1.82) is 0 Å². The van der Waals surface area contributed by atoms with Crippen LogP contribution < -0.4 is 11.2 Å². The minimum Gasteiger partial charge on any atom is -0.332 e. The van der Waals surface area contributed by atoms with E-state index in [2.05, 4.69) is 20.1 Å². The summed E-state index contributed by atoms with van der Waals surface area (Å²) in [5.74, 6) is 0.150. The molecule has 0 bridgehead atoms. The minimum atomic E-state index is -0.422. The summed E-state index contributed by atoms with van der Waals surface area (Å²) in [6.07, 6.45) is 7.09. The normalized spacial score (nSPS) is 14.8. The molecule has 1 aliphatic carbocycles. The molecule has 29 heavy (non-hydrogen) atoms. The maximum Gasteiger partial charge on any atom is 0.330 e. The number of rotatable bonds is 4. The molecule has 1 aromatic carbocycles. The molecular formula is C20H19FN6O2. The van der Waals surface area contributed by atoms with Crippen LogP contribution in [0.5, 0.6) is 0 Å². The van der Waals surface area contributed by atoms with Crippen LogP contribution >= 0.6 is 0 Å². The maximum atomic E-state index is 13.4. The monoisotopic (exact) mass is 394 g/mol. The molecule has 9 heteroatoms. The lowest BCUT2D eigenvalue weighted by Gasteiger charge is -2.10. The van der Waals surface area contributed by atoms with Gasteiger partial charge in [0.15, 0.2) is 5.65 Å². The van der Waals surface area contributed by atoms with Gasteiger partial charge in [0.25, 0.3) is 5.56 Å². The first-order valence-electron chi connectivity index (χ1n) is 9.60. The molecule has 3 heterocycles. The van der Waals surface area contributed by atoms with Crippen LogP contribution in [-0.4, -0.2) is 29.3 Å². The molecule has 0 saturated heterocycles. The highest BCUT2D eigenvalue weighted by atomic mass is 19.1. The van der Waals surface area contributed by atoms with Gasteiger partial charge in [0.2, 0.25) is 0 Å². The standard InChI is InChI=1S/C20H19FN6O2/c21-14-5-3-4-12(8-14)10-26-11-13(9-22-26)17-23-16-18(24-17)25-20(29)27(19(16)28)15-6-1-2-7-15/h3-5,8-9,11,15H,1-2,6-7,10H2,(H,23,24)(H,25,29). The lowest BCUT2D eigenvalue weighted by Crippen LogP contribution is -2.37. The van der Waals surface area contributed by atoms with E-state index < -0.39 is 5.69 Å². The molecule has 0 spiro atoms. The van der Waals surface area contributed by atoms with Crippen LogP contribution in [-0.2, 0) is 6.54 Å². The molecule has 1 saturated carbocycles. The zero-order valence-electron chi connectivity index (χ0n) is 15.6. The van der Waals surface area contributed by atoms with Crippen molar-refractivity contribution >= 4 is 11.2 Å². The van der Waals surface area contributed by atoms with E-state index in [9.17, 15) is 14.0 Å². The number of nitrogens with zero attached hydrogens (tertiary/aromatic N) is 4. The molecule has 1 fully saturated rings. The Morgan fingerprint density at radius 2 is 2.00 bits per heavy atom. The lowest BCUT2D eigenvalue weighted by molar-refractivity contribution is 0.482. The maximum absolute atomic E-state index is 13.4. The molecule has 3 aromatic heterocycles. The molecular weight excluding hydrogens is 375 g/mol.